The topological polar surface area (TPSA) is 29.5 Å². The van der Waals surface area contributed by atoms with E-state index in [1.807, 2.05) is 72.8 Å². The van der Waals surface area contributed by atoms with Crippen molar-refractivity contribution in [3.05, 3.63) is 77.2 Å². The fourth-order valence-corrected chi connectivity index (χ4v) is 4.51. The van der Waals surface area contributed by atoms with Gasteiger partial charge in [0.1, 0.15) is 5.75 Å². The van der Waals surface area contributed by atoms with Crippen LogP contribution in [0.15, 0.2) is 71.6 Å². The Hall–Kier alpha value is -2.63. The van der Waals surface area contributed by atoms with Crippen LogP contribution in [-0.4, -0.2) is 16.8 Å². The van der Waals surface area contributed by atoms with E-state index in [-0.39, 0.29) is 5.91 Å². The largest absolute Gasteiger partial charge is 0.494 e. The minimum atomic E-state index is -0.0837. The van der Waals surface area contributed by atoms with Gasteiger partial charge < -0.3 is 4.74 Å². The fraction of sp³-hybridized carbons (Fsp3) is 0.167. The first-order valence-electron chi connectivity index (χ1n) is 9.66. The molecule has 5 heteroatoms. The van der Waals surface area contributed by atoms with E-state index in [4.69, 9.17) is 17.0 Å². The van der Waals surface area contributed by atoms with Crippen molar-refractivity contribution in [1.29, 1.82) is 0 Å². The molecule has 3 aromatic rings. The molecule has 3 nitrogen and oxygen atoms in total. The minimum Gasteiger partial charge on any atom is -0.494 e. The number of hydrogen-bond acceptors (Lipinski definition) is 4. The Labute approximate surface area is 180 Å². The third kappa shape index (κ3) is 4.21. The summed E-state index contributed by atoms with van der Waals surface area (Å²) in [6, 6.07) is 21.8. The van der Waals surface area contributed by atoms with Crippen LogP contribution in [0.3, 0.4) is 0 Å². The summed E-state index contributed by atoms with van der Waals surface area (Å²) < 4.78 is 6.26. The van der Waals surface area contributed by atoms with Gasteiger partial charge in [-0.1, -0.05) is 85.9 Å². The molecular formula is C24H21NO2S2. The lowest BCUT2D eigenvalue weighted by molar-refractivity contribution is -0.113. The Balaban J connectivity index is 1.58. The van der Waals surface area contributed by atoms with Gasteiger partial charge in [-0.25, -0.2) is 0 Å². The molecular weight excluding hydrogens is 398 g/mol. The Morgan fingerprint density at radius 2 is 1.79 bits per heavy atom. The first kappa shape index (κ1) is 19.7. The van der Waals surface area contributed by atoms with Gasteiger partial charge in [0.15, 0.2) is 4.32 Å². The zero-order valence-electron chi connectivity index (χ0n) is 16.1. The van der Waals surface area contributed by atoms with Gasteiger partial charge in [0.2, 0.25) is 0 Å². The number of carbonyl (C=O) groups is 1. The zero-order chi connectivity index (χ0) is 20.2. The highest BCUT2D eigenvalue weighted by atomic mass is 32.2. The minimum absolute atomic E-state index is 0.0837. The molecule has 146 valence electrons. The quantitative estimate of drug-likeness (QED) is 0.262. The van der Waals surface area contributed by atoms with Gasteiger partial charge >= 0.3 is 0 Å². The van der Waals surface area contributed by atoms with E-state index < -0.39 is 0 Å². The summed E-state index contributed by atoms with van der Waals surface area (Å²) in [6.07, 6.45) is 4.04. The second-order valence-electron chi connectivity index (χ2n) is 6.79. The van der Waals surface area contributed by atoms with Crippen LogP contribution in [-0.2, 0) is 4.79 Å². The van der Waals surface area contributed by atoms with Crippen LogP contribution < -0.4 is 9.64 Å². The number of unbranched alkanes of at least 4 members (excludes halogenated alkanes) is 1. The highest BCUT2D eigenvalue weighted by molar-refractivity contribution is 8.27. The smallest absolute Gasteiger partial charge is 0.270 e. The van der Waals surface area contributed by atoms with E-state index in [1.165, 1.54) is 11.8 Å². The van der Waals surface area contributed by atoms with Crippen molar-refractivity contribution in [3.63, 3.8) is 0 Å². The van der Waals surface area contributed by atoms with Gasteiger partial charge in [-0.3, -0.25) is 9.69 Å². The molecule has 0 saturated carbocycles. The summed E-state index contributed by atoms with van der Waals surface area (Å²) in [6.45, 7) is 2.86. The number of carbonyl (C=O) groups excluding carboxylic acids is 1. The second kappa shape index (κ2) is 8.80. The van der Waals surface area contributed by atoms with Gasteiger partial charge in [0, 0.05) is 5.39 Å². The standard InChI is InChI=1S/C24H21NO2S2/c1-2-3-15-27-19-13-11-17(12-14-19)16-22-23(26)25(24(28)29-22)21-10-6-8-18-7-4-5-9-20(18)21/h4-14,16H,2-3,15H2,1H3/b22-16+. The first-order chi connectivity index (χ1) is 14.2. The molecule has 0 aliphatic carbocycles. The highest BCUT2D eigenvalue weighted by Crippen LogP contribution is 2.38. The number of benzene rings is 3. The van der Waals surface area contributed by atoms with Crippen molar-refractivity contribution in [2.24, 2.45) is 0 Å². The van der Waals surface area contributed by atoms with E-state index in [9.17, 15) is 4.79 Å². The van der Waals surface area contributed by atoms with Gasteiger partial charge in [-0.2, -0.15) is 0 Å². The average molecular weight is 420 g/mol. The summed E-state index contributed by atoms with van der Waals surface area (Å²) in [4.78, 5) is 15.4. The molecule has 0 unspecified atom stereocenters. The highest BCUT2D eigenvalue weighted by Gasteiger charge is 2.34. The van der Waals surface area contributed by atoms with Gasteiger partial charge in [0.25, 0.3) is 5.91 Å². The van der Waals surface area contributed by atoms with Crippen molar-refractivity contribution >= 4 is 56.7 Å². The van der Waals surface area contributed by atoms with Crippen LogP contribution in [0.4, 0.5) is 5.69 Å². The predicted octanol–water partition coefficient (Wildman–Crippen LogP) is 6.42. The second-order valence-corrected chi connectivity index (χ2v) is 8.46. The molecule has 0 N–H and O–H groups in total. The lowest BCUT2D eigenvalue weighted by Gasteiger charge is -2.17. The summed E-state index contributed by atoms with van der Waals surface area (Å²) in [7, 11) is 0. The van der Waals surface area contributed by atoms with Crippen molar-refractivity contribution in [1.82, 2.24) is 0 Å². The number of ether oxygens (including phenoxy) is 1. The van der Waals surface area contributed by atoms with Crippen LogP contribution in [0.2, 0.25) is 0 Å². The maximum absolute atomic E-state index is 13.1. The SMILES string of the molecule is CCCCOc1ccc(/C=C2/SC(=S)N(c3cccc4ccccc34)C2=O)cc1. The van der Waals surface area contributed by atoms with Gasteiger partial charge in [-0.15, -0.1) is 0 Å². The molecule has 0 spiro atoms. The predicted molar refractivity (Wildman–Crippen MR) is 126 cm³/mol. The van der Waals surface area contributed by atoms with Gasteiger partial charge in [-0.05, 0) is 41.6 Å². The van der Waals surface area contributed by atoms with Crippen molar-refractivity contribution in [2.75, 3.05) is 11.5 Å². The van der Waals surface area contributed by atoms with Crippen LogP contribution >= 0.6 is 24.0 Å². The summed E-state index contributed by atoms with van der Waals surface area (Å²) >= 11 is 6.88. The first-order valence-corrected chi connectivity index (χ1v) is 10.9. The Morgan fingerprint density at radius 3 is 2.59 bits per heavy atom. The number of anilines is 1. The van der Waals surface area contributed by atoms with E-state index >= 15 is 0 Å². The summed E-state index contributed by atoms with van der Waals surface area (Å²) in [5.74, 6) is 0.763. The maximum Gasteiger partial charge on any atom is 0.270 e. The number of thiocarbonyl (C=S) groups is 1. The molecule has 1 saturated heterocycles. The number of nitrogens with zero attached hydrogens (tertiary/aromatic N) is 1. The molecule has 3 aromatic carbocycles. The monoisotopic (exact) mass is 419 g/mol. The van der Waals surface area contributed by atoms with Crippen LogP contribution in [0.1, 0.15) is 25.3 Å². The normalized spacial score (nSPS) is 15.5. The molecule has 1 heterocycles. The lowest BCUT2D eigenvalue weighted by atomic mass is 10.1. The van der Waals surface area contributed by atoms with Crippen molar-refractivity contribution in [2.45, 2.75) is 19.8 Å². The van der Waals surface area contributed by atoms with E-state index in [1.54, 1.807) is 4.90 Å². The summed E-state index contributed by atoms with van der Waals surface area (Å²) in [5.41, 5.74) is 1.78. The Bertz CT molecular complexity index is 1080. The third-order valence-corrected chi connectivity index (χ3v) is 6.05. The molecule has 0 atom stereocenters. The number of hydrogen-bond donors (Lipinski definition) is 0. The maximum atomic E-state index is 13.1. The van der Waals surface area contributed by atoms with Gasteiger partial charge in [0.05, 0.1) is 17.2 Å². The molecule has 4 rings (SSSR count). The fourth-order valence-electron chi connectivity index (χ4n) is 3.22. The molecule has 29 heavy (non-hydrogen) atoms. The lowest BCUT2D eigenvalue weighted by Crippen LogP contribution is -2.27. The molecule has 1 aliphatic heterocycles. The van der Waals surface area contributed by atoms with E-state index in [0.29, 0.717) is 9.23 Å². The molecule has 0 bridgehead atoms. The number of thioether (sulfide) groups is 1. The molecule has 1 aliphatic rings. The Morgan fingerprint density at radius 1 is 1.03 bits per heavy atom. The average Bonchev–Trinajstić information content (AvgIpc) is 3.02. The van der Waals surface area contributed by atoms with Crippen molar-refractivity contribution < 1.29 is 9.53 Å². The van der Waals surface area contributed by atoms with E-state index in [2.05, 4.69) is 6.92 Å². The van der Waals surface area contributed by atoms with Crippen molar-refractivity contribution in [3.8, 4) is 5.75 Å². The number of amides is 1. The molecule has 1 amide bonds. The summed E-state index contributed by atoms with van der Waals surface area (Å²) in [5, 5.41) is 2.10. The molecule has 0 aromatic heterocycles. The number of fused-ring (bicyclic) bond motifs is 1. The van der Waals surface area contributed by atoms with E-state index in [0.717, 1.165) is 47.2 Å². The van der Waals surface area contributed by atoms with Crippen LogP contribution in [0.5, 0.6) is 5.75 Å². The molecule has 1 fully saturated rings. The zero-order valence-corrected chi connectivity index (χ0v) is 17.8. The van der Waals surface area contributed by atoms with Crippen LogP contribution in [0, 0.1) is 0 Å². The molecule has 0 radical (unpaired) electrons. The van der Waals surface area contributed by atoms with Crippen LogP contribution in [0.25, 0.3) is 16.8 Å². The third-order valence-electron chi connectivity index (χ3n) is 4.75. The Kier molecular flexibility index (Phi) is 5.97. The number of rotatable bonds is 6.